The first-order chi connectivity index (χ1) is 35.2. The molecule has 3 heterocycles. The van der Waals surface area contributed by atoms with E-state index in [0.717, 1.165) is 72.7 Å². The van der Waals surface area contributed by atoms with E-state index in [-0.39, 0.29) is 18.5 Å². The Labute approximate surface area is 421 Å². The second-order valence-electron chi connectivity index (χ2n) is 20.6. The lowest BCUT2D eigenvalue weighted by atomic mass is 9.33. The topological polar surface area (TPSA) is 30.5 Å². The largest absolute Gasteiger partial charge is 0.458 e. The van der Waals surface area contributed by atoms with Gasteiger partial charge in [0.05, 0.1) is 16.7 Å². The van der Waals surface area contributed by atoms with Gasteiger partial charge >= 0.3 is 0 Å². The van der Waals surface area contributed by atoms with Crippen LogP contribution in [0.15, 0.2) is 211 Å². The molecule has 4 nitrogen and oxygen atoms in total. The summed E-state index contributed by atoms with van der Waals surface area (Å²) in [4.78, 5) is 2.36. The van der Waals surface area contributed by atoms with E-state index >= 15 is 0 Å². The van der Waals surface area contributed by atoms with Gasteiger partial charge in [0.15, 0.2) is 0 Å². The fourth-order valence-corrected chi connectivity index (χ4v) is 11.7. The molecule has 1 aliphatic heterocycles. The molecule has 72 heavy (non-hydrogen) atoms. The molecule has 2 aromatic heterocycles. The maximum Gasteiger partial charge on any atom is 0.252 e. The van der Waals surface area contributed by atoms with E-state index in [0.29, 0.717) is 5.92 Å². The number of rotatable bonds is 9. The maximum absolute atomic E-state index is 7.45. The molecule has 5 heteroatoms. The molecule has 1 aliphatic rings. The van der Waals surface area contributed by atoms with Crippen molar-refractivity contribution in [1.29, 1.82) is 0 Å². The molecule has 10 aromatic carbocycles. The van der Waals surface area contributed by atoms with Crippen LogP contribution in [0.5, 0.6) is 11.5 Å². The van der Waals surface area contributed by atoms with Gasteiger partial charge in [-0.15, -0.1) is 0 Å². The summed E-state index contributed by atoms with van der Waals surface area (Å²) < 4.78 is 16.6. The number of benzene rings is 10. The van der Waals surface area contributed by atoms with Crippen molar-refractivity contribution in [3.05, 3.63) is 223 Å². The van der Waals surface area contributed by atoms with Crippen LogP contribution in [0.2, 0.25) is 0 Å². The van der Waals surface area contributed by atoms with Crippen molar-refractivity contribution in [2.75, 3.05) is 4.90 Å². The lowest BCUT2D eigenvalue weighted by Gasteiger charge is -2.33. The third kappa shape index (κ3) is 7.05. The molecule has 0 unspecified atom stereocenters. The van der Waals surface area contributed by atoms with Crippen LogP contribution in [0, 0.1) is 0 Å². The third-order valence-electron chi connectivity index (χ3n) is 15.2. The highest BCUT2D eigenvalue weighted by molar-refractivity contribution is 6.99. The van der Waals surface area contributed by atoms with E-state index in [1.54, 1.807) is 0 Å². The first kappa shape index (κ1) is 43.7. The van der Waals surface area contributed by atoms with Crippen LogP contribution in [0.1, 0.15) is 76.0 Å². The van der Waals surface area contributed by atoms with Crippen LogP contribution in [-0.2, 0) is 0 Å². The van der Waals surface area contributed by atoms with Crippen molar-refractivity contribution in [3.8, 4) is 28.3 Å². The zero-order valence-corrected chi connectivity index (χ0v) is 41.7. The molecule has 0 saturated carbocycles. The highest BCUT2D eigenvalue weighted by Gasteiger charge is 2.39. The van der Waals surface area contributed by atoms with Gasteiger partial charge in [-0.1, -0.05) is 174 Å². The normalized spacial score (nSPS) is 12.5. The minimum Gasteiger partial charge on any atom is -0.458 e. The number of ether oxygens (including phenoxy) is 1. The molecule has 0 atom stereocenters. The molecular weight excluding hydrogens is 876 g/mol. The number of fused-ring (bicyclic) bond motifs is 10. The molecule has 0 radical (unpaired) electrons. The second kappa shape index (κ2) is 17.2. The molecule has 0 fully saturated rings. The van der Waals surface area contributed by atoms with Gasteiger partial charge in [0, 0.05) is 50.1 Å². The van der Waals surface area contributed by atoms with Crippen molar-refractivity contribution >= 4 is 94.7 Å². The Morgan fingerprint density at radius 1 is 0.403 bits per heavy atom. The van der Waals surface area contributed by atoms with Crippen molar-refractivity contribution in [1.82, 2.24) is 4.57 Å². The summed E-state index contributed by atoms with van der Waals surface area (Å²) in [6, 6.07) is 75.3. The van der Waals surface area contributed by atoms with Gasteiger partial charge in [0.2, 0.25) is 0 Å². The monoisotopic (exact) mass is 930 g/mol. The van der Waals surface area contributed by atoms with E-state index in [2.05, 4.69) is 251 Å². The predicted molar refractivity (Wildman–Crippen MR) is 306 cm³/mol. The standard InChI is InChI=1S/C67H55BN2O2/c1-41(2)46-35-53(42(3)4)66(54(36-46)43(5)6)68-58-39-63-57(51-27-18-19-29-62(51)71-63)38-64(58)72-65-40-61(50-26-16-17-28-52(50)67(65)68)70-59-32-30-45(44-20-10-7-11-21-44)34-55(59)56-37-49(31-33-60(56)70)69(47-22-12-8-13-23-47)48-24-14-9-15-25-48/h7-43H,1-6H3. The summed E-state index contributed by atoms with van der Waals surface area (Å²) in [7, 11) is 0. The molecule has 0 bridgehead atoms. The van der Waals surface area contributed by atoms with Gasteiger partial charge in [-0.25, -0.2) is 0 Å². The number of hydrogen-bond donors (Lipinski definition) is 0. The second-order valence-corrected chi connectivity index (χ2v) is 20.6. The molecule has 0 aliphatic carbocycles. The molecule has 0 amide bonds. The quantitative estimate of drug-likeness (QED) is 0.135. The van der Waals surface area contributed by atoms with E-state index in [4.69, 9.17) is 9.15 Å². The minimum atomic E-state index is -0.132. The van der Waals surface area contributed by atoms with E-state index in [1.807, 2.05) is 6.07 Å². The van der Waals surface area contributed by atoms with Gasteiger partial charge in [-0.2, -0.15) is 0 Å². The average molecular weight is 931 g/mol. The molecule has 13 rings (SSSR count). The Balaban J connectivity index is 1.11. The fraction of sp³-hybridized carbons (Fsp3) is 0.134. The molecule has 348 valence electrons. The number of para-hydroxylation sites is 3. The summed E-state index contributed by atoms with van der Waals surface area (Å²) in [5, 5.41) is 6.84. The Kier molecular flexibility index (Phi) is 10.5. The van der Waals surface area contributed by atoms with Crippen LogP contribution < -0.4 is 26.0 Å². The van der Waals surface area contributed by atoms with Gasteiger partial charge < -0.3 is 18.6 Å². The SMILES string of the molecule is CC(C)c1cc(C(C)C)c(B2c3cc4oc5ccccc5c4cc3Oc3cc(-n4c5ccc(-c6ccccc6)cc5c5cc(N(c6ccccc6)c6ccccc6)ccc54)c4ccccc4c32)c(C(C)C)c1. The van der Waals surface area contributed by atoms with Crippen LogP contribution in [0.25, 0.3) is 71.3 Å². The van der Waals surface area contributed by atoms with Crippen molar-refractivity contribution in [2.24, 2.45) is 0 Å². The third-order valence-corrected chi connectivity index (χ3v) is 15.2. The summed E-state index contributed by atoms with van der Waals surface area (Å²) in [5.74, 6) is 2.71. The van der Waals surface area contributed by atoms with E-state index in [9.17, 15) is 0 Å². The van der Waals surface area contributed by atoms with E-state index < -0.39 is 0 Å². The lowest BCUT2D eigenvalue weighted by Crippen LogP contribution is -2.57. The number of anilines is 3. The molecule has 0 saturated heterocycles. The summed E-state index contributed by atoms with van der Waals surface area (Å²) in [6.07, 6.45) is 0. The van der Waals surface area contributed by atoms with Crippen LogP contribution in [-0.4, -0.2) is 11.3 Å². The first-order valence-electron chi connectivity index (χ1n) is 25.6. The average Bonchev–Trinajstić information content (AvgIpc) is 3.94. The van der Waals surface area contributed by atoms with Gasteiger partial charge in [0.25, 0.3) is 6.71 Å². The van der Waals surface area contributed by atoms with Crippen LogP contribution in [0.3, 0.4) is 0 Å². The Morgan fingerprint density at radius 2 is 0.986 bits per heavy atom. The predicted octanol–water partition coefficient (Wildman–Crippen LogP) is 17.0. The van der Waals surface area contributed by atoms with Gasteiger partial charge in [0.1, 0.15) is 22.7 Å². The highest BCUT2D eigenvalue weighted by atomic mass is 16.5. The maximum atomic E-state index is 7.45. The molecular formula is C67H55BN2O2. The van der Waals surface area contributed by atoms with E-state index in [1.165, 1.54) is 60.3 Å². The highest BCUT2D eigenvalue weighted by Crippen LogP contribution is 2.44. The minimum absolute atomic E-state index is 0.132. The summed E-state index contributed by atoms with van der Waals surface area (Å²) in [6.45, 7) is 13.9. The Morgan fingerprint density at radius 3 is 1.64 bits per heavy atom. The molecule has 0 N–H and O–H groups in total. The Bertz CT molecular complexity index is 3990. The molecule has 12 aromatic rings. The fourth-order valence-electron chi connectivity index (χ4n) is 11.7. The number of nitrogens with zero attached hydrogens (tertiary/aromatic N) is 2. The zero-order valence-electron chi connectivity index (χ0n) is 41.7. The first-order valence-corrected chi connectivity index (χ1v) is 25.6. The Hall–Kier alpha value is -8.28. The molecule has 0 spiro atoms. The van der Waals surface area contributed by atoms with Crippen LogP contribution in [0.4, 0.5) is 17.1 Å². The van der Waals surface area contributed by atoms with Crippen molar-refractivity contribution < 1.29 is 9.15 Å². The lowest BCUT2D eigenvalue weighted by molar-refractivity contribution is 0.488. The smallest absolute Gasteiger partial charge is 0.252 e. The van der Waals surface area contributed by atoms with Crippen LogP contribution >= 0.6 is 0 Å². The zero-order chi connectivity index (χ0) is 48.8. The van der Waals surface area contributed by atoms with Crippen molar-refractivity contribution in [2.45, 2.75) is 59.3 Å². The van der Waals surface area contributed by atoms with Crippen molar-refractivity contribution in [3.63, 3.8) is 0 Å². The van der Waals surface area contributed by atoms with Gasteiger partial charge in [-0.05, 0) is 135 Å². The summed E-state index contributed by atoms with van der Waals surface area (Å²) in [5.41, 5.74) is 18.6. The van der Waals surface area contributed by atoms with Gasteiger partial charge in [-0.3, -0.25) is 0 Å². The number of hydrogen-bond acceptors (Lipinski definition) is 3. The number of aromatic nitrogens is 1. The summed E-state index contributed by atoms with van der Waals surface area (Å²) >= 11 is 0. The number of furan rings is 1.